The summed E-state index contributed by atoms with van der Waals surface area (Å²) in [6.07, 6.45) is 1.67. The molecule has 5 nitrogen and oxygen atoms in total. The molecular weight excluding hydrogens is 385 g/mol. The van der Waals surface area contributed by atoms with Crippen LogP contribution in [0.4, 0.5) is 10.6 Å². The molecule has 27 heavy (non-hydrogen) atoms. The van der Waals surface area contributed by atoms with Crippen LogP contribution in [0.3, 0.4) is 0 Å². The van der Waals surface area contributed by atoms with Gasteiger partial charge >= 0.3 is 6.03 Å². The lowest BCUT2D eigenvalue weighted by Crippen LogP contribution is -2.34. The molecular formula is C20H15Cl2N3O2. The van der Waals surface area contributed by atoms with Crippen molar-refractivity contribution in [3.05, 3.63) is 82.0 Å². The molecule has 3 aromatic rings. The first-order valence-corrected chi connectivity index (χ1v) is 8.79. The molecule has 0 bridgehead atoms. The molecule has 0 spiro atoms. The van der Waals surface area contributed by atoms with Gasteiger partial charge in [0.15, 0.2) is 0 Å². The van der Waals surface area contributed by atoms with Gasteiger partial charge in [-0.15, -0.1) is 0 Å². The Kier molecular flexibility index (Phi) is 5.74. The second-order valence-corrected chi connectivity index (χ2v) is 6.57. The molecule has 7 heteroatoms. The molecule has 136 valence electrons. The summed E-state index contributed by atoms with van der Waals surface area (Å²) in [4.78, 5) is 28.6. The Morgan fingerprint density at radius 2 is 1.63 bits per heavy atom. The third kappa shape index (κ3) is 4.45. The molecule has 0 aliphatic heterocycles. The molecule has 0 radical (unpaired) electrons. The molecule has 3 amide bonds. The summed E-state index contributed by atoms with van der Waals surface area (Å²) in [5.74, 6) is -0.372. The smallest absolute Gasteiger partial charge is 0.292 e. The van der Waals surface area contributed by atoms with Crippen molar-refractivity contribution in [2.24, 2.45) is 0 Å². The zero-order chi connectivity index (χ0) is 19.4. The minimum absolute atomic E-state index is 0.0412. The normalized spacial score (nSPS) is 10.3. The molecule has 2 N–H and O–H groups in total. The molecule has 0 fully saturated rings. The summed E-state index contributed by atoms with van der Waals surface area (Å²) >= 11 is 12.0. The number of nitrogens with zero attached hydrogens (tertiary/aromatic N) is 1. The number of imide groups is 1. The van der Waals surface area contributed by atoms with Gasteiger partial charge in [-0.3, -0.25) is 15.4 Å². The zero-order valence-electron chi connectivity index (χ0n) is 14.3. The van der Waals surface area contributed by atoms with Crippen LogP contribution in [-0.4, -0.2) is 16.9 Å². The van der Waals surface area contributed by atoms with Crippen LogP contribution in [0, 0.1) is 6.92 Å². The van der Waals surface area contributed by atoms with E-state index >= 15 is 0 Å². The van der Waals surface area contributed by atoms with E-state index in [9.17, 15) is 9.59 Å². The number of anilines is 1. The third-order valence-electron chi connectivity index (χ3n) is 3.85. The maximum atomic E-state index is 12.2. The molecule has 1 aromatic heterocycles. The Balaban J connectivity index is 1.71. The number of urea groups is 1. The minimum Gasteiger partial charge on any atom is -0.292 e. The number of aromatic nitrogens is 1. The average Bonchev–Trinajstić information content (AvgIpc) is 2.62. The summed E-state index contributed by atoms with van der Waals surface area (Å²) in [7, 11) is 0. The standard InChI is InChI=1S/C20H15Cl2N3O2/c1-12-10-17(23-11-14(12)13-6-3-2-4-7-13)24-20(27)25-19(26)18-15(21)8-5-9-16(18)22/h2-11H,1H3,(H2,23,24,25,26,27). The highest BCUT2D eigenvalue weighted by molar-refractivity contribution is 6.40. The molecule has 2 aromatic carbocycles. The van der Waals surface area contributed by atoms with Gasteiger partial charge in [-0.25, -0.2) is 9.78 Å². The lowest BCUT2D eigenvalue weighted by atomic mass is 10.0. The Bertz CT molecular complexity index is 987. The summed E-state index contributed by atoms with van der Waals surface area (Å²) in [5, 5.41) is 5.05. The highest BCUT2D eigenvalue weighted by Crippen LogP contribution is 2.25. The van der Waals surface area contributed by atoms with Crippen molar-refractivity contribution in [1.82, 2.24) is 10.3 Å². The van der Waals surface area contributed by atoms with Crippen molar-refractivity contribution in [2.45, 2.75) is 6.92 Å². The van der Waals surface area contributed by atoms with Gasteiger partial charge in [-0.05, 0) is 36.2 Å². The van der Waals surface area contributed by atoms with E-state index in [-0.39, 0.29) is 15.6 Å². The highest BCUT2D eigenvalue weighted by atomic mass is 35.5. The van der Waals surface area contributed by atoms with Crippen molar-refractivity contribution in [1.29, 1.82) is 0 Å². The van der Waals surface area contributed by atoms with Crippen LogP contribution in [0.5, 0.6) is 0 Å². The number of halogens is 2. The van der Waals surface area contributed by atoms with Gasteiger partial charge in [0, 0.05) is 11.8 Å². The Morgan fingerprint density at radius 3 is 2.26 bits per heavy atom. The summed E-state index contributed by atoms with van der Waals surface area (Å²) in [5.41, 5.74) is 2.97. The maximum Gasteiger partial charge on any atom is 0.327 e. The first kappa shape index (κ1) is 18.9. The fourth-order valence-corrected chi connectivity index (χ4v) is 3.14. The minimum atomic E-state index is -0.727. The Morgan fingerprint density at radius 1 is 0.963 bits per heavy atom. The van der Waals surface area contributed by atoms with Gasteiger partial charge in [-0.2, -0.15) is 0 Å². The quantitative estimate of drug-likeness (QED) is 0.625. The van der Waals surface area contributed by atoms with E-state index in [1.807, 2.05) is 37.3 Å². The first-order valence-electron chi connectivity index (χ1n) is 8.04. The number of pyridine rings is 1. The molecule has 0 saturated carbocycles. The van der Waals surface area contributed by atoms with Crippen LogP contribution >= 0.6 is 23.2 Å². The molecule has 0 aliphatic rings. The zero-order valence-corrected chi connectivity index (χ0v) is 15.8. The van der Waals surface area contributed by atoms with Gasteiger partial charge in [-0.1, -0.05) is 59.6 Å². The monoisotopic (exact) mass is 399 g/mol. The molecule has 3 rings (SSSR count). The van der Waals surface area contributed by atoms with Crippen molar-refractivity contribution in [3.8, 4) is 11.1 Å². The number of rotatable bonds is 3. The van der Waals surface area contributed by atoms with E-state index < -0.39 is 11.9 Å². The van der Waals surface area contributed by atoms with E-state index in [2.05, 4.69) is 15.6 Å². The number of hydrogen-bond acceptors (Lipinski definition) is 3. The van der Waals surface area contributed by atoms with Gasteiger partial charge in [0.1, 0.15) is 5.82 Å². The van der Waals surface area contributed by atoms with E-state index in [0.717, 1.165) is 16.7 Å². The molecule has 1 heterocycles. The fraction of sp³-hybridized carbons (Fsp3) is 0.0500. The molecule has 0 unspecified atom stereocenters. The SMILES string of the molecule is Cc1cc(NC(=O)NC(=O)c2c(Cl)cccc2Cl)ncc1-c1ccccc1. The third-order valence-corrected chi connectivity index (χ3v) is 4.48. The van der Waals surface area contributed by atoms with Crippen LogP contribution in [-0.2, 0) is 0 Å². The van der Waals surface area contributed by atoms with Crippen molar-refractivity contribution in [2.75, 3.05) is 5.32 Å². The topological polar surface area (TPSA) is 71.1 Å². The number of hydrogen-bond donors (Lipinski definition) is 2. The Hall–Kier alpha value is -2.89. The number of carbonyl (C=O) groups excluding carboxylic acids is 2. The van der Waals surface area contributed by atoms with Crippen LogP contribution in [0.25, 0.3) is 11.1 Å². The predicted octanol–water partition coefficient (Wildman–Crippen LogP) is 5.33. The summed E-state index contributed by atoms with van der Waals surface area (Å²) in [6, 6.07) is 15.5. The van der Waals surface area contributed by atoms with E-state index in [1.165, 1.54) is 12.1 Å². The molecule has 0 aliphatic carbocycles. The van der Waals surface area contributed by atoms with Gasteiger partial charge in [0.2, 0.25) is 0 Å². The number of amides is 3. The molecule has 0 atom stereocenters. The van der Waals surface area contributed by atoms with Crippen LogP contribution in [0.1, 0.15) is 15.9 Å². The lowest BCUT2D eigenvalue weighted by molar-refractivity contribution is 0.0967. The summed E-state index contributed by atoms with van der Waals surface area (Å²) < 4.78 is 0. The van der Waals surface area contributed by atoms with Gasteiger partial charge in [0.25, 0.3) is 5.91 Å². The number of nitrogens with one attached hydrogen (secondary N) is 2. The first-order chi connectivity index (χ1) is 13.0. The fourth-order valence-electron chi connectivity index (χ4n) is 2.57. The van der Waals surface area contributed by atoms with Crippen LogP contribution in [0.15, 0.2) is 60.8 Å². The lowest BCUT2D eigenvalue weighted by Gasteiger charge is -2.10. The van der Waals surface area contributed by atoms with E-state index in [4.69, 9.17) is 23.2 Å². The van der Waals surface area contributed by atoms with Crippen molar-refractivity contribution >= 4 is 41.0 Å². The largest absolute Gasteiger partial charge is 0.327 e. The number of carbonyl (C=O) groups is 2. The van der Waals surface area contributed by atoms with Gasteiger partial charge < -0.3 is 0 Å². The maximum absolute atomic E-state index is 12.2. The van der Waals surface area contributed by atoms with Crippen molar-refractivity contribution in [3.63, 3.8) is 0 Å². The van der Waals surface area contributed by atoms with E-state index in [0.29, 0.717) is 5.82 Å². The Labute approximate surface area is 166 Å². The van der Waals surface area contributed by atoms with E-state index in [1.54, 1.807) is 18.3 Å². The average molecular weight is 400 g/mol. The second-order valence-electron chi connectivity index (χ2n) is 5.76. The number of aryl methyl sites for hydroxylation is 1. The molecule has 0 saturated heterocycles. The summed E-state index contributed by atoms with van der Waals surface area (Å²) in [6.45, 7) is 1.92. The van der Waals surface area contributed by atoms with Crippen LogP contribution in [0.2, 0.25) is 10.0 Å². The van der Waals surface area contributed by atoms with Crippen LogP contribution < -0.4 is 10.6 Å². The second kappa shape index (κ2) is 8.20. The predicted molar refractivity (Wildman–Crippen MR) is 107 cm³/mol. The van der Waals surface area contributed by atoms with Gasteiger partial charge in [0.05, 0.1) is 15.6 Å². The van der Waals surface area contributed by atoms with Crippen molar-refractivity contribution < 1.29 is 9.59 Å². The number of benzene rings is 2. The highest BCUT2D eigenvalue weighted by Gasteiger charge is 2.17.